The Labute approximate surface area is 508 Å². The Balaban J connectivity index is 4.32. The van der Waals surface area contributed by atoms with Gasteiger partial charge >= 0.3 is 0 Å². The smallest absolute Gasteiger partial charge is 0.246 e. The van der Waals surface area contributed by atoms with Gasteiger partial charge in [0.15, 0.2) is 0 Å². The number of carbonyl (C=O) groups is 11. The summed E-state index contributed by atoms with van der Waals surface area (Å²) in [4.78, 5) is 169. The van der Waals surface area contributed by atoms with Crippen LogP contribution in [-0.2, 0) is 52.7 Å². The third-order valence-electron chi connectivity index (χ3n) is 16.1. The van der Waals surface area contributed by atoms with Crippen molar-refractivity contribution in [2.24, 2.45) is 41.4 Å². The highest BCUT2D eigenvalue weighted by Crippen LogP contribution is 2.26. The lowest BCUT2D eigenvalue weighted by atomic mass is 9.91. The van der Waals surface area contributed by atoms with Gasteiger partial charge in [-0.3, -0.25) is 52.7 Å². The van der Waals surface area contributed by atoms with Gasteiger partial charge in [0.25, 0.3) is 0 Å². The molecule has 1 aliphatic heterocycles. The predicted molar refractivity (Wildman–Crippen MR) is 328 cm³/mol. The van der Waals surface area contributed by atoms with Crippen LogP contribution < -0.4 is 21.3 Å². The van der Waals surface area contributed by atoms with E-state index in [1.807, 2.05) is 61.5 Å². The molecule has 11 amide bonds. The molecule has 1 heterocycles. The fraction of sp³-hybridized carbons (Fsp3) is 0.790. The van der Waals surface area contributed by atoms with Crippen LogP contribution in [0.5, 0.6) is 0 Å². The molecule has 0 aromatic rings. The Kier molecular flexibility index (Phi) is 31.5. The van der Waals surface area contributed by atoms with Gasteiger partial charge in [-0.25, -0.2) is 0 Å². The molecule has 0 radical (unpaired) electrons. The Hall–Kier alpha value is -6.13. The van der Waals surface area contributed by atoms with Gasteiger partial charge < -0.3 is 60.7 Å². The lowest BCUT2D eigenvalue weighted by molar-refractivity contribution is -0.157. The van der Waals surface area contributed by atoms with Crippen molar-refractivity contribution in [1.29, 1.82) is 0 Å². The largest absolute Gasteiger partial charge is 0.390 e. The van der Waals surface area contributed by atoms with Crippen LogP contribution in [0.4, 0.5) is 0 Å². The molecule has 5 N–H and O–H groups in total. The van der Waals surface area contributed by atoms with Gasteiger partial charge in [0.1, 0.15) is 60.4 Å². The van der Waals surface area contributed by atoms with E-state index >= 15 is 9.59 Å². The molecule has 0 aliphatic carbocycles. The minimum atomic E-state index is -1.61. The highest BCUT2D eigenvalue weighted by atomic mass is 16.3. The standard InChI is InChI=1S/C62H111N11O12/c1-25-27-28-40(15)52(75)51-56(79)65-43(26-2)58(81)67(18)33-48(74)68(19)44(29-34(3)4)55(78)66-49(38(11)12)61(84)69(20)45(30-35(5)6)54(77)63-41(16)53(76)64-42(17)57(80)70(21)46(31-36(7)8)59(82)71(22)47(32-37(9)10)60(83)72(23)50(39(13)14)62(85)73(51)24/h25,27,34-47,49-52,75H,26,28-33H2,1-24H3,(H,63,77)(H,64,76)(H,65,79)(H,66,78)/b27-25+/t40-,41+,42+,43+,44+,45+,46+,47+,49-,50+,51+,52-/m0/s1. The monoisotopic (exact) mass is 1200 g/mol. The van der Waals surface area contributed by atoms with Gasteiger partial charge in [-0.15, -0.1) is 0 Å². The maximum atomic E-state index is 15.1. The topological polar surface area (TPSA) is 279 Å². The van der Waals surface area contributed by atoms with Gasteiger partial charge in [-0.2, -0.15) is 0 Å². The zero-order valence-electron chi connectivity index (χ0n) is 56.1. The zero-order chi connectivity index (χ0) is 66.0. The lowest BCUT2D eigenvalue weighted by Crippen LogP contribution is -2.63. The average Bonchev–Trinajstić information content (AvgIpc) is 3.62. The number of amides is 11. The molecular formula is C62H111N11O12. The molecule has 0 unspecified atom stereocenters. The van der Waals surface area contributed by atoms with Crippen LogP contribution in [0.2, 0.25) is 0 Å². The first-order valence-electron chi connectivity index (χ1n) is 30.6. The number of hydrogen-bond acceptors (Lipinski definition) is 12. The number of hydrogen-bond donors (Lipinski definition) is 5. The van der Waals surface area contributed by atoms with Gasteiger partial charge in [0.2, 0.25) is 65.0 Å². The zero-order valence-corrected chi connectivity index (χ0v) is 56.1. The number of aliphatic hydroxyl groups excluding tert-OH is 1. The first-order chi connectivity index (χ1) is 39.2. The van der Waals surface area contributed by atoms with E-state index in [0.29, 0.717) is 6.42 Å². The third-order valence-corrected chi connectivity index (χ3v) is 16.1. The fourth-order valence-electron chi connectivity index (χ4n) is 10.7. The number of carbonyl (C=O) groups excluding carboxylic acids is 11. The Morgan fingerprint density at radius 3 is 1.32 bits per heavy atom. The van der Waals surface area contributed by atoms with Crippen molar-refractivity contribution >= 4 is 65.0 Å². The minimum Gasteiger partial charge on any atom is -0.390 e. The molecular weight excluding hydrogens is 1090 g/mol. The van der Waals surface area contributed by atoms with Crippen molar-refractivity contribution < 1.29 is 57.8 Å². The molecule has 0 spiro atoms. The van der Waals surface area contributed by atoms with E-state index in [1.165, 1.54) is 87.7 Å². The van der Waals surface area contributed by atoms with Crippen molar-refractivity contribution in [2.45, 2.75) is 223 Å². The second-order valence-electron chi connectivity index (χ2n) is 26.1. The molecule has 1 rings (SSSR count). The SMILES string of the molecule is C/C=C/C[C@H](C)[C@H](O)[C@@H]1C(=O)N[C@H](CC)C(=O)N(C)CC(=O)N(C)[C@H](CC(C)C)C(=O)N[C@@H](C(C)C)C(=O)N(C)[C@H](CC(C)C)C(=O)N[C@H](C)C(=O)N[C@H](C)C(=O)N(C)[C@H](CC(C)C)C(=O)N(C)[C@H](CC(C)C)C(=O)N(C)[C@H](C(C)C)C(=O)N1C. The maximum Gasteiger partial charge on any atom is 0.246 e. The summed E-state index contributed by atoms with van der Waals surface area (Å²) >= 11 is 0. The van der Waals surface area contributed by atoms with E-state index in [9.17, 15) is 48.3 Å². The number of likely N-dealkylation sites (N-methyl/N-ethyl adjacent to an activating group) is 7. The second-order valence-corrected chi connectivity index (χ2v) is 26.1. The van der Waals surface area contributed by atoms with Gasteiger partial charge in [-0.1, -0.05) is 109 Å². The van der Waals surface area contributed by atoms with E-state index in [0.717, 1.165) is 9.80 Å². The number of aliphatic hydroxyl groups is 1. The van der Waals surface area contributed by atoms with E-state index in [1.54, 1.807) is 54.5 Å². The Morgan fingerprint density at radius 1 is 0.459 bits per heavy atom. The summed E-state index contributed by atoms with van der Waals surface area (Å²) in [6.45, 7) is 29.3. The van der Waals surface area contributed by atoms with Crippen molar-refractivity contribution in [3.05, 3.63) is 12.2 Å². The number of nitrogens with one attached hydrogen (secondary N) is 4. The first kappa shape index (κ1) is 76.9. The van der Waals surface area contributed by atoms with Crippen molar-refractivity contribution in [3.8, 4) is 0 Å². The van der Waals surface area contributed by atoms with Crippen LogP contribution in [0.1, 0.15) is 156 Å². The highest BCUT2D eigenvalue weighted by molar-refractivity contribution is 5.99. The van der Waals surface area contributed by atoms with Gasteiger partial charge in [0, 0.05) is 49.3 Å². The van der Waals surface area contributed by atoms with Gasteiger partial charge in [0.05, 0.1) is 12.6 Å². The molecule has 0 bridgehead atoms. The summed E-state index contributed by atoms with van der Waals surface area (Å²) in [6, 6.07) is -12.3. The first-order valence-corrected chi connectivity index (χ1v) is 30.6. The lowest BCUT2D eigenvalue weighted by Gasteiger charge is -2.41. The van der Waals surface area contributed by atoms with Crippen molar-refractivity contribution in [3.63, 3.8) is 0 Å². The summed E-state index contributed by atoms with van der Waals surface area (Å²) in [6.07, 6.45) is 3.04. The summed E-state index contributed by atoms with van der Waals surface area (Å²) in [5.41, 5.74) is 0. The molecule has 1 aliphatic rings. The molecule has 1 fully saturated rings. The predicted octanol–water partition coefficient (Wildman–Crippen LogP) is 3.27. The number of allylic oxidation sites excluding steroid dienone is 2. The maximum absolute atomic E-state index is 15.1. The molecule has 486 valence electrons. The normalized spacial score (nSPS) is 26.9. The molecule has 23 nitrogen and oxygen atoms in total. The van der Waals surface area contributed by atoms with Gasteiger partial charge in [-0.05, 0) is 101 Å². The van der Waals surface area contributed by atoms with Crippen molar-refractivity contribution in [2.75, 3.05) is 55.9 Å². The van der Waals surface area contributed by atoms with Crippen LogP contribution in [-0.4, -0.2) is 227 Å². The quantitative estimate of drug-likeness (QED) is 0.148. The summed E-state index contributed by atoms with van der Waals surface area (Å²) in [7, 11) is 9.92. The fourth-order valence-corrected chi connectivity index (χ4v) is 10.7. The van der Waals surface area contributed by atoms with Crippen LogP contribution in [0.15, 0.2) is 12.2 Å². The van der Waals surface area contributed by atoms with E-state index < -0.39 is 156 Å². The molecule has 85 heavy (non-hydrogen) atoms. The second kappa shape index (κ2) is 34.9. The Morgan fingerprint density at radius 2 is 0.871 bits per heavy atom. The van der Waals surface area contributed by atoms with Crippen LogP contribution in [0.3, 0.4) is 0 Å². The number of rotatable bonds is 15. The van der Waals surface area contributed by atoms with E-state index in [2.05, 4.69) is 21.3 Å². The van der Waals surface area contributed by atoms with Crippen LogP contribution >= 0.6 is 0 Å². The Bertz CT molecular complexity index is 2330. The summed E-state index contributed by atoms with van der Waals surface area (Å²) in [5.74, 6) is -9.71. The third kappa shape index (κ3) is 21.7. The van der Waals surface area contributed by atoms with E-state index in [-0.39, 0.29) is 55.8 Å². The molecule has 1 saturated heterocycles. The van der Waals surface area contributed by atoms with Crippen LogP contribution in [0.25, 0.3) is 0 Å². The molecule has 0 aromatic heterocycles. The average molecular weight is 1200 g/mol. The molecule has 0 aromatic carbocycles. The van der Waals surface area contributed by atoms with Crippen LogP contribution in [0, 0.1) is 41.4 Å². The summed E-state index contributed by atoms with van der Waals surface area (Å²) in [5, 5.41) is 23.1. The van der Waals surface area contributed by atoms with Crippen molar-refractivity contribution in [1.82, 2.24) is 55.6 Å². The minimum absolute atomic E-state index is 0.0229. The molecule has 23 heteroatoms. The highest BCUT2D eigenvalue weighted by Gasteiger charge is 2.45. The molecule has 12 atom stereocenters. The summed E-state index contributed by atoms with van der Waals surface area (Å²) < 4.78 is 0. The van der Waals surface area contributed by atoms with E-state index in [4.69, 9.17) is 0 Å². The molecule has 0 saturated carbocycles. The number of nitrogens with zero attached hydrogens (tertiary/aromatic N) is 7.